The summed E-state index contributed by atoms with van der Waals surface area (Å²) >= 11 is 5.17. The zero-order chi connectivity index (χ0) is 11.7. The SMILES string of the molecule is S=C1N=CN=C2C1N=CN2CN1CCCCC1. The Bertz CT molecular complexity index is 408. The van der Waals surface area contributed by atoms with Crippen molar-refractivity contribution in [3.63, 3.8) is 0 Å². The van der Waals surface area contributed by atoms with Gasteiger partial charge in [-0.1, -0.05) is 18.6 Å². The van der Waals surface area contributed by atoms with Gasteiger partial charge in [0.1, 0.15) is 17.2 Å². The summed E-state index contributed by atoms with van der Waals surface area (Å²) in [5.41, 5.74) is 0. The summed E-state index contributed by atoms with van der Waals surface area (Å²) in [5, 5.41) is 0. The molecule has 0 radical (unpaired) electrons. The molecule has 3 heterocycles. The lowest BCUT2D eigenvalue weighted by Crippen LogP contribution is -2.44. The molecule has 6 heteroatoms. The van der Waals surface area contributed by atoms with E-state index in [4.69, 9.17) is 12.2 Å². The van der Waals surface area contributed by atoms with Gasteiger partial charge in [0.25, 0.3) is 0 Å². The van der Waals surface area contributed by atoms with Gasteiger partial charge in [0.2, 0.25) is 0 Å². The van der Waals surface area contributed by atoms with Crippen molar-refractivity contribution < 1.29 is 0 Å². The van der Waals surface area contributed by atoms with Gasteiger partial charge in [-0.15, -0.1) is 0 Å². The molecule has 0 bridgehead atoms. The summed E-state index contributed by atoms with van der Waals surface area (Å²) in [4.78, 5) is 17.8. The van der Waals surface area contributed by atoms with E-state index < -0.39 is 0 Å². The van der Waals surface area contributed by atoms with Crippen LogP contribution in [0.1, 0.15) is 19.3 Å². The topological polar surface area (TPSA) is 43.6 Å². The molecule has 0 aromatic carbocycles. The van der Waals surface area contributed by atoms with Crippen molar-refractivity contribution >= 4 is 35.7 Å². The minimum atomic E-state index is -0.125. The number of hydrogen-bond acceptors (Lipinski definition) is 5. The number of likely N-dealkylation sites (tertiary alicyclic amines) is 1. The van der Waals surface area contributed by atoms with Crippen LogP contribution in [0.5, 0.6) is 0 Å². The van der Waals surface area contributed by atoms with E-state index in [1.807, 2.05) is 6.34 Å². The average molecular weight is 249 g/mol. The Morgan fingerprint density at radius 3 is 2.94 bits per heavy atom. The molecule has 90 valence electrons. The van der Waals surface area contributed by atoms with Crippen LogP contribution in [0, 0.1) is 0 Å². The molecule has 0 spiro atoms. The van der Waals surface area contributed by atoms with Crippen LogP contribution < -0.4 is 0 Å². The Morgan fingerprint density at radius 2 is 2.12 bits per heavy atom. The normalized spacial score (nSPS) is 28.5. The Hall–Kier alpha value is -1.14. The Labute approximate surface area is 106 Å². The number of nitrogens with zero attached hydrogens (tertiary/aromatic N) is 5. The molecule has 0 N–H and O–H groups in total. The third-order valence-corrected chi connectivity index (χ3v) is 3.63. The first-order valence-corrected chi connectivity index (χ1v) is 6.42. The van der Waals surface area contributed by atoms with Crippen molar-refractivity contribution in [3.05, 3.63) is 0 Å². The van der Waals surface area contributed by atoms with Crippen molar-refractivity contribution in [1.82, 2.24) is 9.80 Å². The molecule has 0 aromatic heterocycles. The van der Waals surface area contributed by atoms with Crippen molar-refractivity contribution in [2.24, 2.45) is 15.0 Å². The third-order valence-electron chi connectivity index (χ3n) is 3.30. The van der Waals surface area contributed by atoms with Crippen LogP contribution >= 0.6 is 12.2 Å². The predicted molar refractivity (Wildman–Crippen MR) is 72.9 cm³/mol. The minimum Gasteiger partial charge on any atom is -0.305 e. The summed E-state index contributed by atoms with van der Waals surface area (Å²) in [6.45, 7) is 3.21. The van der Waals surface area contributed by atoms with Crippen molar-refractivity contribution in [2.75, 3.05) is 19.8 Å². The Kier molecular flexibility index (Phi) is 2.98. The maximum absolute atomic E-state index is 5.17. The second-order valence-corrected chi connectivity index (χ2v) is 4.95. The van der Waals surface area contributed by atoms with Gasteiger partial charge in [-0.3, -0.25) is 9.89 Å². The van der Waals surface area contributed by atoms with E-state index in [0.717, 1.165) is 12.5 Å². The zero-order valence-corrected chi connectivity index (χ0v) is 10.4. The van der Waals surface area contributed by atoms with Gasteiger partial charge >= 0.3 is 0 Å². The fourth-order valence-corrected chi connectivity index (χ4v) is 2.60. The van der Waals surface area contributed by atoms with Crippen LogP contribution in [-0.4, -0.2) is 59.1 Å². The van der Waals surface area contributed by atoms with Gasteiger partial charge in [0.15, 0.2) is 6.04 Å². The lowest BCUT2D eigenvalue weighted by Gasteiger charge is -2.31. The molecule has 3 aliphatic heterocycles. The van der Waals surface area contributed by atoms with Crippen LogP contribution in [0.3, 0.4) is 0 Å². The molecule has 3 aliphatic rings. The van der Waals surface area contributed by atoms with E-state index in [9.17, 15) is 0 Å². The maximum Gasteiger partial charge on any atom is 0.162 e. The minimum absolute atomic E-state index is 0.125. The largest absolute Gasteiger partial charge is 0.305 e. The van der Waals surface area contributed by atoms with E-state index in [0.29, 0.717) is 4.99 Å². The van der Waals surface area contributed by atoms with Gasteiger partial charge in [-0.05, 0) is 25.9 Å². The molecule has 5 nitrogen and oxygen atoms in total. The molecule has 0 aromatic rings. The molecule has 17 heavy (non-hydrogen) atoms. The lowest BCUT2D eigenvalue weighted by molar-refractivity contribution is 0.192. The van der Waals surface area contributed by atoms with E-state index >= 15 is 0 Å². The van der Waals surface area contributed by atoms with Gasteiger partial charge < -0.3 is 4.90 Å². The van der Waals surface area contributed by atoms with Gasteiger partial charge in [-0.25, -0.2) is 9.98 Å². The zero-order valence-electron chi connectivity index (χ0n) is 9.62. The van der Waals surface area contributed by atoms with Gasteiger partial charge in [0, 0.05) is 0 Å². The summed E-state index contributed by atoms with van der Waals surface area (Å²) in [5.74, 6) is 0.926. The quantitative estimate of drug-likeness (QED) is 0.683. The van der Waals surface area contributed by atoms with Crippen molar-refractivity contribution in [2.45, 2.75) is 25.3 Å². The van der Waals surface area contributed by atoms with Crippen LogP contribution in [0.4, 0.5) is 0 Å². The number of piperidine rings is 1. The molecule has 1 atom stereocenters. The summed E-state index contributed by atoms with van der Waals surface area (Å²) in [6, 6.07) is -0.125. The van der Waals surface area contributed by atoms with E-state index in [2.05, 4.69) is 24.8 Å². The fraction of sp³-hybridized carbons (Fsp3) is 0.636. The first kappa shape index (κ1) is 11.0. The monoisotopic (exact) mass is 249 g/mol. The Balaban J connectivity index is 1.68. The van der Waals surface area contributed by atoms with E-state index in [1.165, 1.54) is 38.7 Å². The highest BCUT2D eigenvalue weighted by atomic mass is 32.1. The second-order valence-electron chi connectivity index (χ2n) is 4.53. The predicted octanol–water partition coefficient (Wildman–Crippen LogP) is 0.910. The molecule has 1 unspecified atom stereocenters. The molecule has 1 fully saturated rings. The molecular formula is C11H15N5S. The number of aliphatic imine (C=N–C) groups is 3. The summed E-state index contributed by atoms with van der Waals surface area (Å²) in [7, 11) is 0. The highest BCUT2D eigenvalue weighted by Crippen LogP contribution is 2.16. The Morgan fingerprint density at radius 1 is 1.29 bits per heavy atom. The third kappa shape index (κ3) is 2.14. The number of fused-ring (bicyclic) bond motifs is 1. The summed E-state index contributed by atoms with van der Waals surface area (Å²) in [6.07, 6.45) is 7.32. The smallest absolute Gasteiger partial charge is 0.162 e. The summed E-state index contributed by atoms with van der Waals surface area (Å²) < 4.78 is 0. The molecule has 0 amide bonds. The highest BCUT2D eigenvalue weighted by molar-refractivity contribution is 7.80. The van der Waals surface area contributed by atoms with Crippen LogP contribution in [-0.2, 0) is 0 Å². The maximum atomic E-state index is 5.17. The van der Waals surface area contributed by atoms with Crippen LogP contribution in [0.25, 0.3) is 0 Å². The molecule has 0 saturated carbocycles. The van der Waals surface area contributed by atoms with Gasteiger partial charge in [-0.2, -0.15) is 0 Å². The molecular weight excluding hydrogens is 234 g/mol. The lowest BCUT2D eigenvalue weighted by atomic mass is 10.1. The second kappa shape index (κ2) is 4.62. The number of thiocarbonyl (C=S) groups is 1. The molecule has 3 rings (SSSR count). The van der Waals surface area contributed by atoms with Crippen molar-refractivity contribution in [3.8, 4) is 0 Å². The van der Waals surface area contributed by atoms with Crippen molar-refractivity contribution in [1.29, 1.82) is 0 Å². The van der Waals surface area contributed by atoms with E-state index in [1.54, 1.807) is 0 Å². The molecule has 0 aliphatic carbocycles. The van der Waals surface area contributed by atoms with Gasteiger partial charge in [0.05, 0.1) is 13.0 Å². The van der Waals surface area contributed by atoms with E-state index in [-0.39, 0.29) is 6.04 Å². The first-order chi connectivity index (χ1) is 8.34. The van der Waals surface area contributed by atoms with Crippen LogP contribution in [0.2, 0.25) is 0 Å². The fourth-order valence-electron chi connectivity index (χ4n) is 2.39. The number of hydrogen-bond donors (Lipinski definition) is 0. The first-order valence-electron chi connectivity index (χ1n) is 6.01. The average Bonchev–Trinajstić information content (AvgIpc) is 2.76. The molecule has 1 saturated heterocycles. The number of amidine groups is 1. The van der Waals surface area contributed by atoms with Crippen LogP contribution in [0.15, 0.2) is 15.0 Å². The number of rotatable bonds is 2. The highest BCUT2D eigenvalue weighted by Gasteiger charge is 2.31. The standard InChI is InChI=1S/C11H15N5S/c17-11-9-10(12-6-13-11)16(7-14-9)8-15-4-2-1-3-5-15/h6-7,9H,1-5,8H2.